The van der Waals surface area contributed by atoms with Gasteiger partial charge in [-0.3, -0.25) is 29.3 Å². The van der Waals surface area contributed by atoms with Crippen molar-refractivity contribution in [2.24, 2.45) is 23.7 Å². The van der Waals surface area contributed by atoms with Crippen molar-refractivity contribution in [1.29, 1.82) is 0 Å². The molecule has 260 valence electrons. The van der Waals surface area contributed by atoms with E-state index in [1.165, 1.54) is 4.90 Å². The number of aromatic nitrogens is 2. The van der Waals surface area contributed by atoms with E-state index in [0.717, 1.165) is 54.5 Å². The van der Waals surface area contributed by atoms with Crippen LogP contribution in [0.1, 0.15) is 68.0 Å². The number of imide groups is 1. The summed E-state index contributed by atoms with van der Waals surface area (Å²) in [6, 6.07) is 30.4. The Kier molecular flexibility index (Phi) is 10.0. The Morgan fingerprint density at radius 3 is 2.16 bits per heavy atom. The van der Waals surface area contributed by atoms with Crippen LogP contribution < -0.4 is 0 Å². The van der Waals surface area contributed by atoms with Crippen LogP contribution in [-0.4, -0.2) is 50.9 Å². The van der Waals surface area contributed by atoms with Gasteiger partial charge in [0.05, 0.1) is 29.8 Å². The molecule has 3 aliphatic rings. The molecule has 2 bridgehead atoms. The minimum atomic E-state index is -1.69. The molecular formula is C43H43N3O5. The minimum absolute atomic E-state index is 0.00492. The third kappa shape index (κ3) is 6.33. The Bertz CT molecular complexity index is 1850. The van der Waals surface area contributed by atoms with Gasteiger partial charge in [-0.2, -0.15) is 0 Å². The summed E-state index contributed by atoms with van der Waals surface area (Å²) >= 11 is 0. The zero-order valence-corrected chi connectivity index (χ0v) is 28.9. The van der Waals surface area contributed by atoms with Gasteiger partial charge in [0, 0.05) is 36.2 Å². The number of allylic oxidation sites excluding steroid dienone is 2. The monoisotopic (exact) mass is 681 g/mol. The molecule has 1 saturated heterocycles. The highest BCUT2D eigenvalue weighted by molar-refractivity contribution is 6.08. The molecule has 1 N–H and O–H groups in total. The summed E-state index contributed by atoms with van der Waals surface area (Å²) in [5, 5.41) is 13.0. The van der Waals surface area contributed by atoms with E-state index < -0.39 is 29.3 Å². The van der Waals surface area contributed by atoms with Gasteiger partial charge in [0.1, 0.15) is 6.61 Å². The molecule has 1 aliphatic heterocycles. The van der Waals surface area contributed by atoms with Crippen LogP contribution in [0.3, 0.4) is 0 Å². The van der Waals surface area contributed by atoms with Gasteiger partial charge in [0.2, 0.25) is 11.8 Å². The molecule has 5 atom stereocenters. The molecule has 4 aromatic rings. The summed E-state index contributed by atoms with van der Waals surface area (Å²) in [4.78, 5) is 51.9. The van der Waals surface area contributed by atoms with E-state index in [4.69, 9.17) is 9.72 Å². The first-order valence-electron chi connectivity index (χ1n) is 18.1. The lowest BCUT2D eigenvalue weighted by atomic mass is 9.71. The van der Waals surface area contributed by atoms with Crippen LogP contribution in [0.15, 0.2) is 127 Å². The van der Waals surface area contributed by atoms with Crippen molar-refractivity contribution in [3.05, 3.63) is 149 Å². The first-order chi connectivity index (χ1) is 24.9. The highest BCUT2D eigenvalue weighted by atomic mass is 16.5. The van der Waals surface area contributed by atoms with Gasteiger partial charge in [-0.15, -0.1) is 0 Å². The molecule has 0 radical (unpaired) electrons. The maximum Gasteiger partial charge on any atom is 0.305 e. The van der Waals surface area contributed by atoms with Crippen molar-refractivity contribution < 1.29 is 24.2 Å². The number of ether oxygens (including phenoxy) is 1. The Morgan fingerprint density at radius 1 is 0.804 bits per heavy atom. The molecular weight excluding hydrogens is 638 g/mol. The zero-order valence-electron chi connectivity index (χ0n) is 28.9. The number of hydrogen-bond donors (Lipinski definition) is 1. The highest BCUT2D eigenvalue weighted by Gasteiger charge is 2.66. The zero-order chi connectivity index (χ0) is 35.4. The van der Waals surface area contributed by atoms with Gasteiger partial charge in [0.15, 0.2) is 5.60 Å². The molecule has 8 nitrogen and oxygen atoms in total. The molecule has 8 heteroatoms. The molecule has 2 aliphatic carbocycles. The lowest BCUT2D eigenvalue weighted by molar-refractivity contribution is -0.148. The smallest absolute Gasteiger partial charge is 0.305 e. The van der Waals surface area contributed by atoms with E-state index in [2.05, 4.69) is 11.9 Å². The predicted octanol–water partition coefficient (Wildman–Crippen LogP) is 6.91. The summed E-state index contributed by atoms with van der Waals surface area (Å²) in [7, 11) is 0. The van der Waals surface area contributed by atoms with Crippen molar-refractivity contribution in [3.63, 3.8) is 0 Å². The number of pyridine rings is 2. The number of benzene rings is 2. The quantitative estimate of drug-likeness (QED) is 0.0667. The summed E-state index contributed by atoms with van der Waals surface area (Å²) in [5.74, 6) is -3.45. The van der Waals surface area contributed by atoms with Gasteiger partial charge in [-0.05, 0) is 53.0 Å². The number of unbranched alkanes of at least 4 members (excludes halogenated alkanes) is 4. The molecule has 1 saturated carbocycles. The summed E-state index contributed by atoms with van der Waals surface area (Å²) in [6.45, 7) is 2.10. The van der Waals surface area contributed by atoms with Crippen LogP contribution in [0, 0.1) is 23.7 Å². The van der Waals surface area contributed by atoms with E-state index in [9.17, 15) is 19.5 Å². The Labute approximate surface area is 298 Å². The second-order valence-corrected chi connectivity index (χ2v) is 13.6. The molecule has 1 unspecified atom stereocenters. The number of likely N-dealkylation sites (tertiary alicyclic amines) is 1. The molecule has 2 aromatic carbocycles. The number of aliphatic hydroxyl groups is 1. The first-order valence-corrected chi connectivity index (χ1v) is 18.1. The molecule has 3 heterocycles. The standard InChI is InChI=1S/C43H43N3O5/c1-2-3-4-5-12-23-35(47)51-27-26-46-41(48)38-31-28-32(43(50,30-19-10-7-11-20-30)34-22-14-16-25-45-34)39(40(38)42(46)49)37(31)36(29-17-8-6-9-18-29)33-21-13-15-24-44-33/h6-11,13-22,24-25,28,31,38-40,50H,2-5,12,23,26-27H2,1H3/t31-,38-,39+,40-,43?/m0/s1. The van der Waals surface area contributed by atoms with Crippen molar-refractivity contribution in [2.45, 2.75) is 51.0 Å². The van der Waals surface area contributed by atoms with Gasteiger partial charge in [-0.25, -0.2) is 0 Å². The summed E-state index contributed by atoms with van der Waals surface area (Å²) in [6.07, 6.45) is 10.8. The van der Waals surface area contributed by atoms with Crippen molar-refractivity contribution >= 4 is 23.4 Å². The van der Waals surface area contributed by atoms with Gasteiger partial charge < -0.3 is 9.84 Å². The van der Waals surface area contributed by atoms with Crippen molar-refractivity contribution in [1.82, 2.24) is 14.9 Å². The number of carbonyl (C=O) groups is 3. The van der Waals surface area contributed by atoms with Crippen LogP contribution in [-0.2, 0) is 24.7 Å². The van der Waals surface area contributed by atoms with Crippen LogP contribution >= 0.6 is 0 Å². The fourth-order valence-corrected chi connectivity index (χ4v) is 8.33. The fraction of sp³-hybridized carbons (Fsp3) is 0.326. The highest BCUT2D eigenvalue weighted by Crippen LogP contribution is 2.64. The minimum Gasteiger partial charge on any atom is -0.464 e. The number of fused-ring (bicyclic) bond motifs is 5. The van der Waals surface area contributed by atoms with E-state index in [-0.39, 0.29) is 30.9 Å². The SMILES string of the molecule is CCCCCCCC(=O)OCCN1C(=O)[C@@H]2[C@@H]3C(C(O)(c4ccccc4)c4ccccn4)=C[C@@H](C3=C(c3ccccc3)c3ccccn3)[C@@H]2C1=O. The van der Waals surface area contributed by atoms with E-state index in [1.54, 1.807) is 24.5 Å². The van der Waals surface area contributed by atoms with Crippen molar-refractivity contribution in [2.75, 3.05) is 13.2 Å². The Morgan fingerprint density at radius 2 is 1.47 bits per heavy atom. The third-order valence-corrected chi connectivity index (χ3v) is 10.6. The van der Waals surface area contributed by atoms with Gasteiger partial charge in [0.25, 0.3) is 0 Å². The second-order valence-electron chi connectivity index (χ2n) is 13.6. The number of hydrogen-bond acceptors (Lipinski definition) is 7. The van der Waals surface area contributed by atoms with E-state index >= 15 is 0 Å². The van der Waals surface area contributed by atoms with E-state index in [1.807, 2.05) is 91.0 Å². The maximum absolute atomic E-state index is 14.5. The summed E-state index contributed by atoms with van der Waals surface area (Å²) < 4.78 is 5.50. The largest absolute Gasteiger partial charge is 0.464 e. The van der Waals surface area contributed by atoms with Crippen LogP contribution in [0.2, 0.25) is 0 Å². The predicted molar refractivity (Wildman–Crippen MR) is 193 cm³/mol. The normalized spacial score (nSPS) is 22.8. The third-order valence-electron chi connectivity index (χ3n) is 10.6. The van der Waals surface area contributed by atoms with Gasteiger partial charge in [-0.1, -0.05) is 111 Å². The number of nitrogens with zero attached hydrogens (tertiary/aromatic N) is 3. The lowest BCUT2D eigenvalue weighted by Gasteiger charge is -2.36. The van der Waals surface area contributed by atoms with Crippen molar-refractivity contribution in [3.8, 4) is 0 Å². The number of esters is 1. The fourth-order valence-electron chi connectivity index (χ4n) is 8.33. The maximum atomic E-state index is 14.5. The Balaban J connectivity index is 1.29. The molecule has 7 rings (SSSR count). The lowest BCUT2D eigenvalue weighted by Crippen LogP contribution is -2.39. The van der Waals surface area contributed by atoms with Gasteiger partial charge >= 0.3 is 5.97 Å². The molecule has 0 spiro atoms. The number of amides is 2. The average Bonchev–Trinajstić information content (AvgIpc) is 3.79. The van der Waals surface area contributed by atoms with Crippen LogP contribution in [0.4, 0.5) is 0 Å². The molecule has 2 amide bonds. The topological polar surface area (TPSA) is 110 Å². The van der Waals surface area contributed by atoms with Crippen LogP contribution in [0.25, 0.3) is 5.57 Å². The van der Waals surface area contributed by atoms with Crippen LogP contribution in [0.5, 0.6) is 0 Å². The first kappa shape index (κ1) is 34.2. The number of rotatable bonds is 14. The molecule has 51 heavy (non-hydrogen) atoms. The Hall–Kier alpha value is -5.21. The second kappa shape index (κ2) is 15.0. The van der Waals surface area contributed by atoms with E-state index in [0.29, 0.717) is 23.3 Å². The average molecular weight is 682 g/mol. The molecule has 2 fully saturated rings. The summed E-state index contributed by atoms with van der Waals surface area (Å²) in [5.41, 5.74) is 3.36. The number of carbonyl (C=O) groups excluding carboxylic acids is 3. The molecule has 2 aromatic heterocycles.